The number of amides is 1. The summed E-state index contributed by atoms with van der Waals surface area (Å²) < 4.78 is 0. The molecule has 1 aliphatic heterocycles. The number of thiophene rings is 2. The van der Waals surface area contributed by atoms with Crippen molar-refractivity contribution < 1.29 is 4.79 Å². The Bertz CT molecular complexity index is 657. The fourth-order valence-corrected chi connectivity index (χ4v) is 4.31. The van der Waals surface area contributed by atoms with E-state index >= 15 is 0 Å². The first-order valence-corrected chi connectivity index (χ1v) is 8.59. The fourth-order valence-electron chi connectivity index (χ4n) is 2.66. The number of rotatable bonds is 4. The van der Waals surface area contributed by atoms with Crippen molar-refractivity contribution in [2.75, 3.05) is 18.4 Å². The van der Waals surface area contributed by atoms with E-state index in [0.29, 0.717) is 23.2 Å². The van der Waals surface area contributed by atoms with Gasteiger partial charge in [0, 0.05) is 10.9 Å². The normalized spacial score (nSPS) is 18.5. The van der Waals surface area contributed by atoms with E-state index in [1.165, 1.54) is 16.2 Å². The zero-order valence-electron chi connectivity index (χ0n) is 11.4. The van der Waals surface area contributed by atoms with Gasteiger partial charge in [0.25, 0.3) is 0 Å². The topological polar surface area (TPSA) is 56.1 Å². The molecule has 1 amide bonds. The van der Waals surface area contributed by atoms with Crippen molar-refractivity contribution >= 4 is 33.6 Å². The van der Waals surface area contributed by atoms with E-state index < -0.39 is 0 Å². The maximum atomic E-state index is 12.2. The zero-order chi connectivity index (χ0) is 14.7. The van der Waals surface area contributed by atoms with Crippen LogP contribution < -0.4 is 5.32 Å². The first kappa shape index (κ1) is 14.3. The molecular weight excluding hydrogens is 302 g/mol. The molecule has 0 spiro atoms. The number of anilines is 1. The van der Waals surface area contributed by atoms with E-state index in [1.54, 1.807) is 17.4 Å². The number of nitrogens with one attached hydrogen (secondary N) is 1. The van der Waals surface area contributed by atoms with Gasteiger partial charge in [0.2, 0.25) is 5.91 Å². The van der Waals surface area contributed by atoms with Crippen molar-refractivity contribution in [1.29, 1.82) is 5.26 Å². The molecular formula is C15H15N3OS2. The number of hydrogen-bond donors (Lipinski definition) is 1. The number of carbonyl (C=O) groups excluding carboxylic acids is 1. The molecule has 2 aromatic heterocycles. The van der Waals surface area contributed by atoms with Gasteiger partial charge >= 0.3 is 0 Å². The average Bonchev–Trinajstić information content (AvgIpc) is 3.18. The summed E-state index contributed by atoms with van der Waals surface area (Å²) in [5.74, 6) is -0.0441. The van der Waals surface area contributed by atoms with Gasteiger partial charge in [0.15, 0.2) is 0 Å². The molecule has 0 aromatic carbocycles. The second-order valence-corrected chi connectivity index (χ2v) is 6.86. The summed E-state index contributed by atoms with van der Waals surface area (Å²) in [7, 11) is 0. The molecule has 0 saturated carbocycles. The van der Waals surface area contributed by atoms with Crippen LogP contribution in [-0.4, -0.2) is 23.9 Å². The predicted octanol–water partition coefficient (Wildman–Crippen LogP) is 3.46. The minimum atomic E-state index is -0.0441. The molecule has 0 radical (unpaired) electrons. The molecule has 2 aromatic rings. The van der Waals surface area contributed by atoms with Gasteiger partial charge in [-0.25, -0.2) is 0 Å². The summed E-state index contributed by atoms with van der Waals surface area (Å²) in [4.78, 5) is 15.7. The SMILES string of the molecule is N#Cc1ccsc1NC(=O)CN1CCC[C@@H]1c1cccs1. The standard InChI is InChI=1S/C15H15N3OS2/c16-9-11-5-8-21-15(11)17-14(19)10-18-6-1-3-12(18)13-4-2-7-20-13/h2,4-5,7-8,12H,1,3,6,10H2,(H,17,19)/t12-/m1/s1. The molecule has 108 valence electrons. The molecule has 0 aliphatic carbocycles. The second kappa shape index (κ2) is 6.39. The third kappa shape index (κ3) is 3.16. The van der Waals surface area contributed by atoms with Crippen molar-refractivity contribution in [2.45, 2.75) is 18.9 Å². The molecule has 1 atom stereocenters. The number of carbonyl (C=O) groups is 1. The van der Waals surface area contributed by atoms with E-state index in [4.69, 9.17) is 5.26 Å². The van der Waals surface area contributed by atoms with Crippen molar-refractivity contribution in [2.24, 2.45) is 0 Å². The molecule has 3 heterocycles. The van der Waals surface area contributed by atoms with E-state index in [0.717, 1.165) is 19.4 Å². The first-order chi connectivity index (χ1) is 10.3. The van der Waals surface area contributed by atoms with E-state index in [1.807, 2.05) is 5.38 Å². The van der Waals surface area contributed by atoms with Crippen LogP contribution in [0.1, 0.15) is 29.3 Å². The Kier molecular flexibility index (Phi) is 4.34. The van der Waals surface area contributed by atoms with Crippen LogP contribution in [0.4, 0.5) is 5.00 Å². The zero-order valence-corrected chi connectivity index (χ0v) is 13.0. The molecule has 21 heavy (non-hydrogen) atoms. The second-order valence-electron chi connectivity index (χ2n) is 4.97. The third-order valence-electron chi connectivity index (χ3n) is 3.62. The van der Waals surface area contributed by atoms with E-state index in [9.17, 15) is 4.79 Å². The molecule has 1 saturated heterocycles. The van der Waals surface area contributed by atoms with Crippen molar-refractivity contribution in [3.63, 3.8) is 0 Å². The van der Waals surface area contributed by atoms with Crippen molar-refractivity contribution in [3.8, 4) is 6.07 Å². The summed E-state index contributed by atoms with van der Waals surface area (Å²) in [6.07, 6.45) is 2.23. The predicted molar refractivity (Wildman–Crippen MR) is 85.5 cm³/mol. The molecule has 4 nitrogen and oxygen atoms in total. The summed E-state index contributed by atoms with van der Waals surface area (Å²) in [6.45, 7) is 1.33. The highest BCUT2D eigenvalue weighted by molar-refractivity contribution is 7.14. The molecule has 0 unspecified atom stereocenters. The lowest BCUT2D eigenvalue weighted by atomic mass is 10.2. The van der Waals surface area contributed by atoms with Crippen molar-refractivity contribution in [3.05, 3.63) is 39.4 Å². The summed E-state index contributed by atoms with van der Waals surface area (Å²) >= 11 is 3.14. The number of nitrogens with zero attached hydrogens (tertiary/aromatic N) is 2. The Morgan fingerprint density at radius 3 is 3.10 bits per heavy atom. The maximum absolute atomic E-state index is 12.2. The van der Waals surface area contributed by atoms with Crippen LogP contribution in [0.2, 0.25) is 0 Å². The van der Waals surface area contributed by atoms with Gasteiger partial charge in [-0.15, -0.1) is 22.7 Å². The van der Waals surface area contributed by atoms with Crippen LogP contribution in [-0.2, 0) is 4.79 Å². The van der Waals surface area contributed by atoms with Gasteiger partial charge < -0.3 is 5.32 Å². The van der Waals surface area contributed by atoms with Crippen LogP contribution >= 0.6 is 22.7 Å². The van der Waals surface area contributed by atoms with Crippen LogP contribution in [0.3, 0.4) is 0 Å². The largest absolute Gasteiger partial charge is 0.315 e. The van der Waals surface area contributed by atoms with Crippen molar-refractivity contribution in [1.82, 2.24) is 4.90 Å². The van der Waals surface area contributed by atoms with Crippen LogP contribution in [0.25, 0.3) is 0 Å². The highest BCUT2D eigenvalue weighted by Gasteiger charge is 2.28. The molecule has 1 N–H and O–H groups in total. The lowest BCUT2D eigenvalue weighted by Gasteiger charge is -2.22. The number of likely N-dealkylation sites (tertiary alicyclic amines) is 1. The highest BCUT2D eigenvalue weighted by Crippen LogP contribution is 2.34. The van der Waals surface area contributed by atoms with Crippen LogP contribution in [0.15, 0.2) is 29.0 Å². The average molecular weight is 317 g/mol. The Hall–Kier alpha value is -1.68. The van der Waals surface area contributed by atoms with E-state index in [-0.39, 0.29) is 5.91 Å². The quantitative estimate of drug-likeness (QED) is 0.939. The Morgan fingerprint density at radius 2 is 2.33 bits per heavy atom. The lowest BCUT2D eigenvalue weighted by molar-refractivity contribution is -0.117. The summed E-state index contributed by atoms with van der Waals surface area (Å²) in [6, 6.07) is 8.37. The summed E-state index contributed by atoms with van der Waals surface area (Å²) in [5.41, 5.74) is 0.532. The molecule has 3 rings (SSSR count). The molecule has 1 fully saturated rings. The van der Waals surface area contributed by atoms with Gasteiger partial charge in [-0.3, -0.25) is 9.69 Å². The van der Waals surface area contributed by atoms with Gasteiger partial charge in [0.05, 0.1) is 12.1 Å². The van der Waals surface area contributed by atoms with E-state index in [2.05, 4.69) is 33.8 Å². The Morgan fingerprint density at radius 1 is 1.43 bits per heavy atom. The number of hydrogen-bond acceptors (Lipinski definition) is 5. The maximum Gasteiger partial charge on any atom is 0.239 e. The van der Waals surface area contributed by atoms with Gasteiger partial charge in [-0.05, 0) is 42.3 Å². The van der Waals surface area contributed by atoms with Gasteiger partial charge in [0.1, 0.15) is 11.1 Å². The van der Waals surface area contributed by atoms with Crippen LogP contribution in [0, 0.1) is 11.3 Å². The minimum absolute atomic E-state index is 0.0441. The Balaban J connectivity index is 1.63. The monoisotopic (exact) mass is 317 g/mol. The highest BCUT2D eigenvalue weighted by atomic mass is 32.1. The van der Waals surface area contributed by atoms with Gasteiger partial charge in [-0.2, -0.15) is 5.26 Å². The fraction of sp³-hybridized carbons (Fsp3) is 0.333. The van der Waals surface area contributed by atoms with Gasteiger partial charge in [-0.1, -0.05) is 6.07 Å². The number of nitriles is 1. The molecule has 6 heteroatoms. The first-order valence-electron chi connectivity index (χ1n) is 6.83. The molecule has 0 bridgehead atoms. The van der Waals surface area contributed by atoms with Crippen LogP contribution in [0.5, 0.6) is 0 Å². The smallest absolute Gasteiger partial charge is 0.239 e. The lowest BCUT2D eigenvalue weighted by Crippen LogP contribution is -2.32. The molecule has 1 aliphatic rings. The summed E-state index contributed by atoms with van der Waals surface area (Å²) in [5, 5.41) is 16.4. The minimum Gasteiger partial charge on any atom is -0.315 e. The third-order valence-corrected chi connectivity index (χ3v) is 5.42. The Labute approximate surface area is 131 Å².